The average Bonchev–Trinajstić information content (AvgIpc) is 3.34. The Bertz CT molecular complexity index is 2300. The van der Waals surface area contributed by atoms with E-state index in [4.69, 9.17) is 4.74 Å². The maximum atomic E-state index is 6.35. The van der Waals surface area contributed by atoms with E-state index >= 15 is 0 Å². The Morgan fingerprint density at radius 1 is 0.425 bits per heavy atom. The first-order chi connectivity index (χ1) is 19.8. The van der Waals surface area contributed by atoms with Gasteiger partial charge in [0.2, 0.25) is 0 Å². The second-order valence-corrected chi connectivity index (χ2v) is 10.6. The van der Waals surface area contributed by atoms with Crippen molar-refractivity contribution in [1.29, 1.82) is 0 Å². The highest BCUT2D eigenvalue weighted by Gasteiger charge is 2.21. The van der Waals surface area contributed by atoms with Crippen LogP contribution in [0.1, 0.15) is 0 Å². The Morgan fingerprint density at radius 2 is 1.12 bits per heavy atom. The van der Waals surface area contributed by atoms with E-state index < -0.39 is 0 Å². The zero-order chi connectivity index (χ0) is 26.2. The molecule has 2 heterocycles. The minimum Gasteiger partial charge on any atom is -0.456 e. The fourth-order valence-electron chi connectivity index (χ4n) is 6.56. The summed E-state index contributed by atoms with van der Waals surface area (Å²) in [5, 5.41) is 7.39. The van der Waals surface area contributed by atoms with Crippen LogP contribution in [-0.2, 0) is 0 Å². The van der Waals surface area contributed by atoms with Crippen molar-refractivity contribution in [2.75, 3.05) is 0 Å². The van der Waals surface area contributed by atoms with Gasteiger partial charge in [-0.15, -0.1) is 0 Å². The zero-order valence-corrected chi connectivity index (χ0v) is 21.6. The highest BCUT2D eigenvalue weighted by Crippen LogP contribution is 2.47. The smallest absolute Gasteiger partial charge is 0.135 e. The molecule has 0 N–H and O–H groups in total. The highest BCUT2D eigenvalue weighted by atomic mass is 16.5. The molecule has 2 nitrogen and oxygen atoms in total. The van der Waals surface area contributed by atoms with E-state index in [1.165, 1.54) is 65.7 Å². The molecule has 0 unspecified atom stereocenters. The lowest BCUT2D eigenvalue weighted by Crippen LogP contribution is -1.97. The number of benzene rings is 7. The number of fused-ring (bicyclic) bond motifs is 6. The van der Waals surface area contributed by atoms with Crippen LogP contribution >= 0.6 is 0 Å². The third-order valence-electron chi connectivity index (χ3n) is 8.37. The van der Waals surface area contributed by atoms with Gasteiger partial charge in [0.1, 0.15) is 11.5 Å². The maximum absolute atomic E-state index is 6.35. The molecule has 1 aliphatic heterocycles. The third-order valence-corrected chi connectivity index (χ3v) is 8.37. The summed E-state index contributed by atoms with van der Waals surface area (Å²) in [6.07, 6.45) is 0. The van der Waals surface area contributed by atoms with Gasteiger partial charge in [0, 0.05) is 27.1 Å². The van der Waals surface area contributed by atoms with Crippen molar-refractivity contribution in [2.24, 2.45) is 0 Å². The quantitative estimate of drug-likeness (QED) is 0.226. The zero-order valence-electron chi connectivity index (χ0n) is 21.6. The fraction of sp³-hybridized carbons (Fsp3) is 0. The number of aromatic nitrogens is 1. The third kappa shape index (κ3) is 2.99. The van der Waals surface area contributed by atoms with Crippen LogP contribution in [0.15, 0.2) is 140 Å². The summed E-state index contributed by atoms with van der Waals surface area (Å²) in [7, 11) is 0. The molecule has 0 spiro atoms. The van der Waals surface area contributed by atoms with Gasteiger partial charge in [-0.25, -0.2) is 0 Å². The number of hydrogen-bond acceptors (Lipinski definition) is 1. The SMILES string of the molecule is c1ccc2c(-n3c4ccccc4c4cc(-c5ccc6c(c5)-c5cccc7cccc(c57)O6)ccc43)cccc2c1. The van der Waals surface area contributed by atoms with Gasteiger partial charge in [0.25, 0.3) is 0 Å². The van der Waals surface area contributed by atoms with E-state index in [1.807, 2.05) is 0 Å². The molecule has 9 rings (SSSR count). The fourth-order valence-corrected chi connectivity index (χ4v) is 6.56. The van der Waals surface area contributed by atoms with Crippen LogP contribution in [0, 0.1) is 0 Å². The van der Waals surface area contributed by atoms with Crippen LogP contribution in [0.2, 0.25) is 0 Å². The van der Waals surface area contributed by atoms with Crippen LogP contribution in [0.25, 0.3) is 71.3 Å². The van der Waals surface area contributed by atoms with Crippen molar-refractivity contribution >= 4 is 43.4 Å². The highest BCUT2D eigenvalue weighted by molar-refractivity contribution is 6.12. The van der Waals surface area contributed by atoms with Gasteiger partial charge in [-0.05, 0) is 69.9 Å². The van der Waals surface area contributed by atoms with Gasteiger partial charge in [-0.1, -0.05) is 97.1 Å². The summed E-state index contributed by atoms with van der Waals surface area (Å²) in [5.74, 6) is 1.83. The summed E-state index contributed by atoms with van der Waals surface area (Å²) in [6.45, 7) is 0. The molecule has 0 amide bonds. The molecule has 0 fully saturated rings. The van der Waals surface area contributed by atoms with Gasteiger partial charge in [-0.3, -0.25) is 0 Å². The number of hydrogen-bond donors (Lipinski definition) is 0. The van der Waals surface area contributed by atoms with E-state index in [2.05, 4.69) is 144 Å². The molecule has 0 bridgehead atoms. The van der Waals surface area contributed by atoms with Crippen molar-refractivity contribution in [3.05, 3.63) is 140 Å². The Balaban J connectivity index is 1.27. The molecule has 8 aromatic rings. The molecule has 0 atom stereocenters. The van der Waals surface area contributed by atoms with Gasteiger partial charge >= 0.3 is 0 Å². The van der Waals surface area contributed by atoms with E-state index in [0.717, 1.165) is 17.1 Å². The Hall–Kier alpha value is -5.34. The molecule has 2 heteroatoms. The van der Waals surface area contributed by atoms with Crippen molar-refractivity contribution in [3.63, 3.8) is 0 Å². The van der Waals surface area contributed by atoms with E-state index in [9.17, 15) is 0 Å². The van der Waals surface area contributed by atoms with Crippen LogP contribution < -0.4 is 4.74 Å². The predicted octanol–water partition coefficient (Wildman–Crippen LogP) is 10.5. The topological polar surface area (TPSA) is 14.2 Å². The van der Waals surface area contributed by atoms with Gasteiger partial charge in [0.05, 0.1) is 16.7 Å². The van der Waals surface area contributed by atoms with Crippen LogP contribution in [0.3, 0.4) is 0 Å². The first-order valence-electron chi connectivity index (χ1n) is 13.7. The molecule has 186 valence electrons. The molecule has 40 heavy (non-hydrogen) atoms. The monoisotopic (exact) mass is 509 g/mol. The van der Waals surface area contributed by atoms with E-state index in [1.54, 1.807) is 0 Å². The predicted molar refractivity (Wildman–Crippen MR) is 167 cm³/mol. The lowest BCUT2D eigenvalue weighted by atomic mass is 9.92. The van der Waals surface area contributed by atoms with Crippen molar-refractivity contribution in [1.82, 2.24) is 4.57 Å². The molecular weight excluding hydrogens is 486 g/mol. The molecule has 0 saturated heterocycles. The molecule has 0 aliphatic carbocycles. The Labute approximate surface area is 231 Å². The maximum Gasteiger partial charge on any atom is 0.135 e. The second kappa shape index (κ2) is 8.08. The summed E-state index contributed by atoms with van der Waals surface area (Å²) in [4.78, 5) is 0. The van der Waals surface area contributed by atoms with Crippen molar-refractivity contribution < 1.29 is 4.74 Å². The second-order valence-electron chi connectivity index (χ2n) is 10.6. The van der Waals surface area contributed by atoms with Crippen molar-refractivity contribution in [2.45, 2.75) is 0 Å². The molecule has 1 aliphatic rings. The number of rotatable bonds is 2. The normalized spacial score (nSPS) is 12.2. The standard InChI is InChI=1S/C38H23NO/c1-2-12-28-24(8-1)9-6-16-33(28)39-34-15-4-3-13-29(34)31-22-26(18-20-35(31)39)27-19-21-36-32(23-27)30-14-5-10-25-11-7-17-37(40-36)38(25)30/h1-23H. The number of para-hydroxylation sites is 1. The van der Waals surface area contributed by atoms with Gasteiger partial charge in [0.15, 0.2) is 0 Å². The van der Waals surface area contributed by atoms with Crippen LogP contribution in [0.5, 0.6) is 11.5 Å². The van der Waals surface area contributed by atoms with E-state index in [-0.39, 0.29) is 0 Å². The summed E-state index contributed by atoms with van der Waals surface area (Å²) in [5.41, 5.74) is 8.37. The molecule has 1 aromatic heterocycles. The molecule has 0 radical (unpaired) electrons. The summed E-state index contributed by atoms with van der Waals surface area (Å²) < 4.78 is 8.76. The number of nitrogens with zero attached hydrogens (tertiary/aromatic N) is 1. The average molecular weight is 510 g/mol. The van der Waals surface area contributed by atoms with Crippen LogP contribution in [-0.4, -0.2) is 4.57 Å². The Morgan fingerprint density at radius 3 is 2.08 bits per heavy atom. The molecule has 7 aromatic carbocycles. The minimum atomic E-state index is 0.906. The lowest BCUT2D eigenvalue weighted by molar-refractivity contribution is 0.487. The van der Waals surface area contributed by atoms with Crippen LogP contribution in [0.4, 0.5) is 0 Å². The first-order valence-corrected chi connectivity index (χ1v) is 13.7. The van der Waals surface area contributed by atoms with Crippen molar-refractivity contribution in [3.8, 4) is 39.4 Å². The van der Waals surface area contributed by atoms with Gasteiger partial charge in [-0.2, -0.15) is 0 Å². The Kier molecular flexibility index (Phi) is 4.36. The summed E-state index contributed by atoms with van der Waals surface area (Å²) in [6, 6.07) is 50.1. The van der Waals surface area contributed by atoms with Gasteiger partial charge < -0.3 is 9.30 Å². The first kappa shape index (κ1) is 21.6. The summed E-state index contributed by atoms with van der Waals surface area (Å²) >= 11 is 0. The molecule has 0 saturated carbocycles. The largest absolute Gasteiger partial charge is 0.456 e. The lowest BCUT2D eigenvalue weighted by Gasteiger charge is -2.22. The molecular formula is C38H23NO. The van der Waals surface area contributed by atoms with E-state index in [0.29, 0.717) is 0 Å². The minimum absolute atomic E-state index is 0.906. The number of ether oxygens (including phenoxy) is 1.